The first-order chi connectivity index (χ1) is 13.1. The number of methoxy groups -OCH3 is 1. The molecule has 1 aromatic heterocycles. The summed E-state index contributed by atoms with van der Waals surface area (Å²) in [6.07, 6.45) is 4.87. The first-order valence-corrected chi connectivity index (χ1v) is 9.61. The maximum Gasteiger partial charge on any atom is 0.220 e. The maximum absolute atomic E-state index is 11.8. The van der Waals surface area contributed by atoms with Gasteiger partial charge in [-0.2, -0.15) is 0 Å². The molecule has 0 N–H and O–H groups in total. The molecule has 0 radical (unpaired) electrons. The van der Waals surface area contributed by atoms with Gasteiger partial charge in [-0.05, 0) is 30.5 Å². The summed E-state index contributed by atoms with van der Waals surface area (Å²) < 4.78 is 5.32. The van der Waals surface area contributed by atoms with Crippen molar-refractivity contribution in [3.05, 3.63) is 53.1 Å². The molecule has 1 atom stereocenters. The van der Waals surface area contributed by atoms with Crippen LogP contribution in [0, 0.1) is 0 Å². The van der Waals surface area contributed by atoms with Crippen LogP contribution in [0.4, 0.5) is 0 Å². The molecule has 0 bridgehead atoms. The van der Waals surface area contributed by atoms with E-state index in [1.54, 1.807) is 14.0 Å². The minimum atomic E-state index is 0.0441. The number of amides is 1. The molecular weight excluding hydrogens is 340 g/mol. The summed E-state index contributed by atoms with van der Waals surface area (Å²) in [5.74, 6) is 1.82. The van der Waals surface area contributed by atoms with Gasteiger partial charge in [-0.1, -0.05) is 12.1 Å². The molecular formula is C21H26N4O2. The van der Waals surface area contributed by atoms with E-state index in [0.29, 0.717) is 0 Å². The van der Waals surface area contributed by atoms with E-state index in [1.807, 2.05) is 23.2 Å². The molecule has 2 aromatic rings. The summed E-state index contributed by atoms with van der Waals surface area (Å²) >= 11 is 0. The smallest absolute Gasteiger partial charge is 0.220 e. The van der Waals surface area contributed by atoms with Crippen molar-refractivity contribution >= 4 is 5.91 Å². The van der Waals surface area contributed by atoms with Crippen LogP contribution in [0.15, 0.2) is 30.5 Å². The van der Waals surface area contributed by atoms with Crippen LogP contribution in [0.2, 0.25) is 0 Å². The van der Waals surface area contributed by atoms with Crippen LogP contribution in [0.3, 0.4) is 0 Å². The molecule has 1 saturated heterocycles. The Kier molecular flexibility index (Phi) is 5.07. The number of nitrogens with zero attached hydrogens (tertiary/aromatic N) is 4. The maximum atomic E-state index is 11.8. The van der Waals surface area contributed by atoms with Gasteiger partial charge in [-0.25, -0.2) is 9.97 Å². The van der Waals surface area contributed by atoms with Gasteiger partial charge < -0.3 is 9.64 Å². The minimum absolute atomic E-state index is 0.0441. The van der Waals surface area contributed by atoms with Gasteiger partial charge in [-0.3, -0.25) is 9.69 Å². The number of ether oxygens (including phenoxy) is 1. The zero-order valence-electron chi connectivity index (χ0n) is 16.0. The third kappa shape index (κ3) is 3.81. The first-order valence-electron chi connectivity index (χ1n) is 9.61. The number of hydrogen-bond donors (Lipinski definition) is 0. The van der Waals surface area contributed by atoms with Crippen molar-refractivity contribution in [2.24, 2.45) is 0 Å². The highest BCUT2D eigenvalue weighted by atomic mass is 16.5. The number of hydrogen-bond acceptors (Lipinski definition) is 5. The fourth-order valence-electron chi connectivity index (χ4n) is 4.13. The first kappa shape index (κ1) is 17.9. The van der Waals surface area contributed by atoms with Crippen molar-refractivity contribution in [1.82, 2.24) is 19.8 Å². The number of aromatic nitrogens is 2. The largest absolute Gasteiger partial charge is 0.497 e. The van der Waals surface area contributed by atoms with Crippen molar-refractivity contribution in [3.63, 3.8) is 0 Å². The van der Waals surface area contributed by atoms with Gasteiger partial charge in [0.15, 0.2) is 5.82 Å². The highest BCUT2D eigenvalue weighted by Gasteiger charge is 2.31. The molecule has 1 unspecified atom stereocenters. The molecule has 142 valence electrons. The number of carbonyl (C=O) groups excluding carboxylic acids is 1. The van der Waals surface area contributed by atoms with Gasteiger partial charge in [-0.15, -0.1) is 0 Å². The van der Waals surface area contributed by atoms with Crippen molar-refractivity contribution in [1.29, 1.82) is 0 Å². The Morgan fingerprint density at radius 2 is 2.22 bits per heavy atom. The molecule has 6 heteroatoms. The molecule has 1 fully saturated rings. The molecule has 2 aliphatic heterocycles. The van der Waals surface area contributed by atoms with Crippen LogP contribution in [-0.2, 0) is 24.3 Å². The Morgan fingerprint density at radius 3 is 3.04 bits per heavy atom. The zero-order valence-corrected chi connectivity index (χ0v) is 16.0. The summed E-state index contributed by atoms with van der Waals surface area (Å²) in [6, 6.07) is 8.27. The second-order valence-electron chi connectivity index (χ2n) is 7.38. The summed E-state index contributed by atoms with van der Waals surface area (Å²) in [5.41, 5.74) is 3.58. The predicted molar refractivity (Wildman–Crippen MR) is 102 cm³/mol. The summed E-state index contributed by atoms with van der Waals surface area (Å²) in [4.78, 5) is 25.6. The fourth-order valence-corrected chi connectivity index (χ4v) is 4.13. The number of fused-ring (bicyclic) bond motifs is 1. The standard InChI is InChI=1S/C21H26N4O2/c1-15(26)25-9-4-7-20(25)21-22-12-17-14-24(10-8-19(17)23-21)13-16-5-3-6-18(11-16)27-2/h3,5-6,11-12,20H,4,7-10,13-14H2,1-2H3. The Hall–Kier alpha value is -2.47. The topological polar surface area (TPSA) is 58.6 Å². The second kappa shape index (κ2) is 7.64. The molecule has 4 rings (SSSR count). The molecule has 6 nitrogen and oxygen atoms in total. The normalized spacial score (nSPS) is 19.8. The molecule has 2 aliphatic rings. The third-order valence-electron chi connectivity index (χ3n) is 5.53. The van der Waals surface area contributed by atoms with Crippen LogP contribution >= 0.6 is 0 Å². The molecule has 1 amide bonds. The van der Waals surface area contributed by atoms with E-state index < -0.39 is 0 Å². The van der Waals surface area contributed by atoms with Crippen LogP contribution in [0.5, 0.6) is 5.75 Å². The minimum Gasteiger partial charge on any atom is -0.497 e. The number of rotatable bonds is 4. The molecule has 3 heterocycles. The number of likely N-dealkylation sites (tertiary alicyclic amines) is 1. The molecule has 0 aliphatic carbocycles. The van der Waals surface area contributed by atoms with E-state index in [-0.39, 0.29) is 11.9 Å². The van der Waals surface area contributed by atoms with E-state index in [9.17, 15) is 4.79 Å². The van der Waals surface area contributed by atoms with Gasteiger partial charge in [0.05, 0.1) is 13.2 Å². The van der Waals surface area contributed by atoms with Crippen molar-refractivity contribution in [2.75, 3.05) is 20.2 Å². The molecule has 0 spiro atoms. The number of benzene rings is 1. The van der Waals surface area contributed by atoms with E-state index >= 15 is 0 Å². The van der Waals surface area contributed by atoms with Crippen molar-refractivity contribution in [3.8, 4) is 5.75 Å². The van der Waals surface area contributed by atoms with Crippen LogP contribution in [-0.4, -0.2) is 45.9 Å². The lowest BCUT2D eigenvalue weighted by Gasteiger charge is -2.29. The highest BCUT2D eigenvalue weighted by molar-refractivity contribution is 5.74. The van der Waals surface area contributed by atoms with Gasteiger partial charge >= 0.3 is 0 Å². The van der Waals surface area contributed by atoms with E-state index in [2.05, 4.69) is 22.0 Å². The van der Waals surface area contributed by atoms with Crippen LogP contribution in [0.1, 0.15) is 48.5 Å². The van der Waals surface area contributed by atoms with Gasteiger partial charge in [0.1, 0.15) is 5.75 Å². The Balaban J connectivity index is 1.47. The lowest BCUT2D eigenvalue weighted by Crippen LogP contribution is -2.32. The van der Waals surface area contributed by atoms with Gasteiger partial charge in [0.25, 0.3) is 0 Å². The zero-order chi connectivity index (χ0) is 18.8. The number of carbonyl (C=O) groups is 1. The van der Waals surface area contributed by atoms with Gasteiger partial charge in [0, 0.05) is 57.0 Å². The Morgan fingerprint density at radius 1 is 1.33 bits per heavy atom. The average Bonchev–Trinajstić information content (AvgIpc) is 3.18. The quantitative estimate of drug-likeness (QED) is 0.833. The third-order valence-corrected chi connectivity index (χ3v) is 5.53. The SMILES string of the molecule is COc1cccc(CN2CCc3nc(C4CCCN4C(C)=O)ncc3C2)c1. The van der Waals surface area contributed by atoms with Crippen molar-refractivity contribution in [2.45, 2.75) is 45.3 Å². The summed E-state index contributed by atoms with van der Waals surface area (Å²) in [7, 11) is 1.70. The van der Waals surface area contributed by atoms with E-state index in [0.717, 1.165) is 62.7 Å². The lowest BCUT2D eigenvalue weighted by molar-refractivity contribution is -0.129. The highest BCUT2D eigenvalue weighted by Crippen LogP contribution is 2.31. The van der Waals surface area contributed by atoms with Crippen LogP contribution in [0.25, 0.3) is 0 Å². The van der Waals surface area contributed by atoms with Crippen LogP contribution < -0.4 is 4.74 Å². The monoisotopic (exact) mass is 366 g/mol. The Bertz CT molecular complexity index is 839. The molecule has 0 saturated carbocycles. The Labute approximate surface area is 160 Å². The molecule has 1 aromatic carbocycles. The fraction of sp³-hybridized carbons (Fsp3) is 0.476. The average molecular weight is 366 g/mol. The van der Waals surface area contributed by atoms with E-state index in [1.165, 1.54) is 11.1 Å². The second-order valence-corrected chi connectivity index (χ2v) is 7.38. The van der Waals surface area contributed by atoms with E-state index in [4.69, 9.17) is 9.72 Å². The summed E-state index contributed by atoms with van der Waals surface area (Å²) in [6.45, 7) is 5.16. The van der Waals surface area contributed by atoms with Gasteiger partial charge in [0.2, 0.25) is 5.91 Å². The summed E-state index contributed by atoms with van der Waals surface area (Å²) in [5, 5.41) is 0. The van der Waals surface area contributed by atoms with Crippen molar-refractivity contribution < 1.29 is 9.53 Å². The predicted octanol–water partition coefficient (Wildman–Crippen LogP) is 2.73. The lowest BCUT2D eigenvalue weighted by atomic mass is 10.1. The molecule has 27 heavy (non-hydrogen) atoms.